The normalized spacial score (nSPS) is 10.1. The Morgan fingerprint density at radius 2 is 2.06 bits per heavy atom. The monoisotopic (exact) mass is 233 g/mol. The highest BCUT2D eigenvalue weighted by atomic mass is 32.1. The van der Waals surface area contributed by atoms with Gasteiger partial charge in [0.05, 0.1) is 0 Å². The maximum absolute atomic E-state index is 10.8. The molecule has 1 aromatic carbocycles. The van der Waals surface area contributed by atoms with Crippen LogP contribution < -0.4 is 11.1 Å². The summed E-state index contributed by atoms with van der Waals surface area (Å²) in [6.07, 6.45) is 0. The molecule has 0 aliphatic carbocycles. The third-order valence-electron chi connectivity index (χ3n) is 1.97. The first kappa shape index (κ1) is 10.6. The van der Waals surface area contributed by atoms with Gasteiger partial charge >= 0.3 is 0 Å². The van der Waals surface area contributed by atoms with Gasteiger partial charge in [0.25, 0.3) is 0 Å². The number of anilines is 2. The molecule has 0 unspecified atom stereocenters. The molecule has 0 radical (unpaired) electrons. The smallest absolute Gasteiger partial charge is 0.221 e. The number of nitrogens with one attached hydrogen (secondary N) is 1. The van der Waals surface area contributed by atoms with E-state index in [4.69, 9.17) is 5.73 Å². The summed E-state index contributed by atoms with van der Waals surface area (Å²) in [6, 6.07) is 7.50. The second kappa shape index (κ2) is 4.32. The molecule has 0 atom stereocenters. The summed E-state index contributed by atoms with van der Waals surface area (Å²) in [5.74, 6) is 0.456. The molecular formula is C11H11N3OS. The number of amides is 1. The fourth-order valence-corrected chi connectivity index (χ4v) is 2.03. The van der Waals surface area contributed by atoms with E-state index in [0.29, 0.717) is 5.82 Å². The largest absolute Gasteiger partial charge is 0.383 e. The highest BCUT2D eigenvalue weighted by Crippen LogP contribution is 2.25. The van der Waals surface area contributed by atoms with E-state index in [1.807, 2.05) is 24.3 Å². The molecule has 5 heteroatoms. The number of nitrogens with zero attached hydrogens (tertiary/aromatic N) is 1. The van der Waals surface area contributed by atoms with Gasteiger partial charge in [-0.05, 0) is 24.3 Å². The zero-order chi connectivity index (χ0) is 11.5. The SMILES string of the molecule is CC(=O)Nc1ccc(-c2nc(N)cs2)cc1. The summed E-state index contributed by atoms with van der Waals surface area (Å²) in [5.41, 5.74) is 7.33. The van der Waals surface area contributed by atoms with Crippen molar-refractivity contribution in [1.29, 1.82) is 0 Å². The Morgan fingerprint density at radius 3 is 2.56 bits per heavy atom. The third kappa shape index (κ3) is 2.38. The predicted octanol–water partition coefficient (Wildman–Crippen LogP) is 2.35. The van der Waals surface area contributed by atoms with Gasteiger partial charge in [0.1, 0.15) is 10.8 Å². The average molecular weight is 233 g/mol. The van der Waals surface area contributed by atoms with Crippen LogP contribution in [0, 0.1) is 0 Å². The minimum Gasteiger partial charge on any atom is -0.383 e. The van der Waals surface area contributed by atoms with E-state index in [-0.39, 0.29) is 5.91 Å². The van der Waals surface area contributed by atoms with E-state index in [2.05, 4.69) is 10.3 Å². The number of hydrogen-bond donors (Lipinski definition) is 2. The molecule has 0 saturated carbocycles. The van der Waals surface area contributed by atoms with E-state index in [1.54, 1.807) is 5.38 Å². The molecule has 0 saturated heterocycles. The van der Waals surface area contributed by atoms with E-state index >= 15 is 0 Å². The molecule has 0 bridgehead atoms. The van der Waals surface area contributed by atoms with Crippen LogP contribution in [-0.4, -0.2) is 10.9 Å². The molecule has 0 spiro atoms. The number of benzene rings is 1. The minimum absolute atomic E-state index is 0.0776. The highest BCUT2D eigenvalue weighted by molar-refractivity contribution is 7.13. The van der Waals surface area contributed by atoms with Crippen molar-refractivity contribution in [3.05, 3.63) is 29.6 Å². The zero-order valence-corrected chi connectivity index (χ0v) is 9.54. The quantitative estimate of drug-likeness (QED) is 0.836. The van der Waals surface area contributed by atoms with Crippen LogP contribution in [0.4, 0.5) is 11.5 Å². The van der Waals surface area contributed by atoms with Gasteiger partial charge in [0.2, 0.25) is 5.91 Å². The van der Waals surface area contributed by atoms with Crippen LogP contribution in [0.1, 0.15) is 6.92 Å². The van der Waals surface area contributed by atoms with E-state index in [0.717, 1.165) is 16.3 Å². The Hall–Kier alpha value is -1.88. The van der Waals surface area contributed by atoms with Crippen molar-refractivity contribution in [2.75, 3.05) is 11.1 Å². The van der Waals surface area contributed by atoms with Crippen molar-refractivity contribution >= 4 is 28.7 Å². The molecule has 2 aromatic rings. The molecule has 0 aliphatic heterocycles. The van der Waals surface area contributed by atoms with E-state index < -0.39 is 0 Å². The van der Waals surface area contributed by atoms with Crippen LogP contribution in [0.15, 0.2) is 29.6 Å². The first-order valence-electron chi connectivity index (χ1n) is 4.74. The van der Waals surface area contributed by atoms with Gasteiger partial charge in [-0.1, -0.05) is 0 Å². The molecule has 3 N–H and O–H groups in total. The molecule has 1 heterocycles. The van der Waals surface area contributed by atoms with Gasteiger partial charge in [-0.15, -0.1) is 11.3 Å². The van der Waals surface area contributed by atoms with Gasteiger partial charge in [-0.25, -0.2) is 4.98 Å². The summed E-state index contributed by atoms with van der Waals surface area (Å²) in [6.45, 7) is 1.48. The number of carbonyl (C=O) groups is 1. The summed E-state index contributed by atoms with van der Waals surface area (Å²) >= 11 is 1.50. The fraction of sp³-hybridized carbons (Fsp3) is 0.0909. The zero-order valence-electron chi connectivity index (χ0n) is 8.73. The van der Waals surface area contributed by atoms with Gasteiger partial charge in [-0.3, -0.25) is 4.79 Å². The summed E-state index contributed by atoms with van der Waals surface area (Å²) in [5, 5.41) is 5.39. The Kier molecular flexibility index (Phi) is 2.87. The Balaban J connectivity index is 2.22. The molecular weight excluding hydrogens is 222 g/mol. The van der Waals surface area contributed by atoms with Gasteiger partial charge in [0, 0.05) is 23.6 Å². The Bertz CT molecular complexity index is 504. The molecule has 1 aromatic heterocycles. The second-order valence-electron chi connectivity index (χ2n) is 3.34. The van der Waals surface area contributed by atoms with Crippen LogP contribution in [0.5, 0.6) is 0 Å². The lowest BCUT2D eigenvalue weighted by Crippen LogP contribution is -2.05. The molecule has 82 valence electrons. The number of thiazole rings is 1. The first-order chi connectivity index (χ1) is 7.65. The average Bonchev–Trinajstić information content (AvgIpc) is 2.65. The van der Waals surface area contributed by atoms with Crippen molar-refractivity contribution in [2.45, 2.75) is 6.92 Å². The van der Waals surface area contributed by atoms with Crippen LogP contribution >= 0.6 is 11.3 Å². The van der Waals surface area contributed by atoms with Gasteiger partial charge in [0.15, 0.2) is 0 Å². The number of hydrogen-bond acceptors (Lipinski definition) is 4. The Morgan fingerprint density at radius 1 is 1.38 bits per heavy atom. The van der Waals surface area contributed by atoms with Crippen LogP contribution in [-0.2, 0) is 4.79 Å². The Labute approximate surface area is 97.1 Å². The fourth-order valence-electron chi connectivity index (χ4n) is 1.32. The molecule has 0 fully saturated rings. The molecule has 16 heavy (non-hydrogen) atoms. The summed E-state index contributed by atoms with van der Waals surface area (Å²) in [7, 11) is 0. The number of rotatable bonds is 2. The third-order valence-corrected chi connectivity index (χ3v) is 2.88. The van der Waals surface area contributed by atoms with Crippen molar-refractivity contribution in [1.82, 2.24) is 4.98 Å². The lowest BCUT2D eigenvalue weighted by atomic mass is 10.2. The molecule has 1 amide bonds. The van der Waals surface area contributed by atoms with Crippen LogP contribution in [0.3, 0.4) is 0 Å². The summed E-state index contributed by atoms with van der Waals surface area (Å²) < 4.78 is 0. The van der Waals surface area contributed by atoms with Crippen molar-refractivity contribution in [3.63, 3.8) is 0 Å². The van der Waals surface area contributed by atoms with Crippen LogP contribution in [0.2, 0.25) is 0 Å². The lowest BCUT2D eigenvalue weighted by molar-refractivity contribution is -0.114. The van der Waals surface area contributed by atoms with Gasteiger partial charge in [-0.2, -0.15) is 0 Å². The standard InChI is InChI=1S/C11H11N3OS/c1-7(15)13-9-4-2-8(3-5-9)11-14-10(12)6-16-11/h2-6H,12H2,1H3,(H,13,15). The van der Waals surface area contributed by atoms with E-state index in [1.165, 1.54) is 18.3 Å². The highest BCUT2D eigenvalue weighted by Gasteiger charge is 2.02. The maximum Gasteiger partial charge on any atom is 0.221 e. The van der Waals surface area contributed by atoms with Gasteiger partial charge < -0.3 is 11.1 Å². The molecule has 0 aliphatic rings. The topological polar surface area (TPSA) is 68.0 Å². The first-order valence-corrected chi connectivity index (χ1v) is 5.62. The molecule has 4 nitrogen and oxygen atoms in total. The number of aromatic nitrogens is 1. The number of nitrogen functional groups attached to an aromatic ring is 1. The maximum atomic E-state index is 10.8. The van der Waals surface area contributed by atoms with Crippen molar-refractivity contribution < 1.29 is 4.79 Å². The summed E-state index contributed by atoms with van der Waals surface area (Å²) in [4.78, 5) is 15.0. The predicted molar refractivity (Wildman–Crippen MR) is 66.3 cm³/mol. The van der Waals surface area contributed by atoms with Crippen LogP contribution in [0.25, 0.3) is 10.6 Å². The minimum atomic E-state index is -0.0776. The number of carbonyl (C=O) groups excluding carboxylic acids is 1. The second-order valence-corrected chi connectivity index (χ2v) is 4.19. The lowest BCUT2D eigenvalue weighted by Gasteiger charge is -2.02. The van der Waals surface area contributed by atoms with Crippen molar-refractivity contribution in [2.24, 2.45) is 0 Å². The van der Waals surface area contributed by atoms with Crippen molar-refractivity contribution in [3.8, 4) is 10.6 Å². The molecule has 2 rings (SSSR count). The number of nitrogens with two attached hydrogens (primary N) is 1. The van der Waals surface area contributed by atoms with E-state index in [9.17, 15) is 4.79 Å².